The number of carbonyl (C=O) groups excluding carboxylic acids is 1. The highest BCUT2D eigenvalue weighted by Crippen LogP contribution is 2.37. The molecular weight excluding hydrogens is 405 g/mol. The number of hydrogen-bond donors (Lipinski definition) is 2. The maximum atomic E-state index is 12.2. The van der Waals surface area contributed by atoms with Crippen LogP contribution < -0.4 is 15.0 Å². The Labute approximate surface area is 158 Å². The minimum absolute atomic E-state index is 0.0212. The van der Waals surface area contributed by atoms with E-state index in [1.807, 2.05) is 10.3 Å². The molecule has 6 nitrogen and oxygen atoms in total. The van der Waals surface area contributed by atoms with Crippen LogP contribution in [0.4, 0.5) is 13.2 Å². The Hall–Kier alpha value is -2.24. The van der Waals surface area contributed by atoms with Crippen molar-refractivity contribution in [2.24, 2.45) is 0 Å². The Morgan fingerprint density at radius 3 is 2.22 bits per heavy atom. The molecule has 0 spiro atoms. The van der Waals surface area contributed by atoms with Gasteiger partial charge in [0, 0.05) is 4.90 Å². The summed E-state index contributed by atoms with van der Waals surface area (Å²) in [6.45, 7) is 1.28. The summed E-state index contributed by atoms with van der Waals surface area (Å²) in [5.74, 6) is -0.613. The quantitative estimate of drug-likeness (QED) is 0.531. The fourth-order valence-electron chi connectivity index (χ4n) is 1.82. The second kappa shape index (κ2) is 8.63. The van der Waals surface area contributed by atoms with Crippen LogP contribution in [0.25, 0.3) is 0 Å². The second-order valence-electron chi connectivity index (χ2n) is 5.27. The molecule has 2 rings (SSSR count). The van der Waals surface area contributed by atoms with Gasteiger partial charge in [0.2, 0.25) is 0 Å². The van der Waals surface area contributed by atoms with Crippen molar-refractivity contribution < 1.29 is 31.1 Å². The first-order chi connectivity index (χ1) is 12.5. The predicted molar refractivity (Wildman–Crippen MR) is 93.5 cm³/mol. The average molecular weight is 420 g/mol. The Kier molecular flexibility index (Phi) is 6.73. The van der Waals surface area contributed by atoms with Crippen molar-refractivity contribution >= 4 is 27.7 Å². The maximum absolute atomic E-state index is 12.2. The van der Waals surface area contributed by atoms with E-state index in [0.29, 0.717) is 0 Å². The van der Waals surface area contributed by atoms with Gasteiger partial charge in [-0.25, -0.2) is 8.42 Å². The normalized spacial score (nSPS) is 11.9. The van der Waals surface area contributed by atoms with Gasteiger partial charge in [-0.3, -0.25) is 10.2 Å². The second-order valence-corrected chi connectivity index (χ2v) is 8.10. The summed E-state index contributed by atoms with van der Waals surface area (Å²) >= 11 is -0.268. The van der Waals surface area contributed by atoms with Gasteiger partial charge < -0.3 is 4.74 Å². The molecule has 0 unspecified atom stereocenters. The fourth-order valence-corrected chi connectivity index (χ4v) is 3.22. The van der Waals surface area contributed by atoms with Gasteiger partial charge in [0.1, 0.15) is 5.75 Å². The first-order valence-electron chi connectivity index (χ1n) is 7.41. The molecule has 0 saturated heterocycles. The van der Waals surface area contributed by atoms with E-state index < -0.39 is 28.0 Å². The standard InChI is InChI=1S/C16H15F3N2O4S2/c1-11-2-8-14(9-3-11)27(23,24)21-20-15(22)10-25-12-4-6-13(7-5-12)26-16(17,18)19/h2-9,21H,10H2,1H3,(H,20,22). The third-order valence-corrected chi connectivity index (χ3v) is 5.09. The van der Waals surface area contributed by atoms with Crippen LogP contribution in [0.3, 0.4) is 0 Å². The molecule has 27 heavy (non-hydrogen) atoms. The van der Waals surface area contributed by atoms with Crippen LogP contribution in [-0.4, -0.2) is 26.4 Å². The number of sulfonamides is 1. The molecule has 0 bridgehead atoms. The smallest absolute Gasteiger partial charge is 0.446 e. The number of hydrazine groups is 1. The summed E-state index contributed by atoms with van der Waals surface area (Å²) in [5.41, 5.74) is -1.52. The number of nitrogens with one attached hydrogen (secondary N) is 2. The Morgan fingerprint density at radius 2 is 1.67 bits per heavy atom. The van der Waals surface area contributed by atoms with Crippen LogP contribution in [-0.2, 0) is 14.8 Å². The Balaban J connectivity index is 1.83. The number of amides is 1. The van der Waals surface area contributed by atoms with Crippen LogP contribution in [0.5, 0.6) is 5.75 Å². The molecular formula is C16H15F3N2O4S2. The summed E-state index contributed by atoms with van der Waals surface area (Å²) in [4.78, 5) is 13.6. The molecule has 0 aliphatic rings. The first kappa shape index (κ1) is 21.1. The SMILES string of the molecule is Cc1ccc(S(=O)(=O)NNC(=O)COc2ccc(SC(F)(F)F)cc2)cc1. The third-order valence-electron chi connectivity index (χ3n) is 3.08. The van der Waals surface area contributed by atoms with E-state index in [1.165, 1.54) is 36.4 Å². The zero-order chi connectivity index (χ0) is 20.1. The molecule has 11 heteroatoms. The zero-order valence-electron chi connectivity index (χ0n) is 13.9. The number of carbonyl (C=O) groups is 1. The number of hydrogen-bond acceptors (Lipinski definition) is 5. The van der Waals surface area contributed by atoms with E-state index in [-0.39, 0.29) is 27.3 Å². The van der Waals surface area contributed by atoms with Gasteiger partial charge >= 0.3 is 5.51 Å². The van der Waals surface area contributed by atoms with Gasteiger partial charge in [0.15, 0.2) is 6.61 Å². The lowest BCUT2D eigenvalue weighted by atomic mass is 10.2. The molecule has 0 heterocycles. The maximum Gasteiger partial charge on any atom is 0.446 e. The van der Waals surface area contributed by atoms with Crippen molar-refractivity contribution in [3.8, 4) is 5.75 Å². The van der Waals surface area contributed by atoms with E-state index >= 15 is 0 Å². The van der Waals surface area contributed by atoms with Crippen LogP contribution in [0.15, 0.2) is 58.3 Å². The van der Waals surface area contributed by atoms with Crippen molar-refractivity contribution in [3.05, 3.63) is 54.1 Å². The van der Waals surface area contributed by atoms with Gasteiger partial charge in [-0.15, -0.1) is 4.83 Å². The average Bonchev–Trinajstić information content (AvgIpc) is 2.58. The van der Waals surface area contributed by atoms with Crippen LogP contribution in [0, 0.1) is 6.92 Å². The van der Waals surface area contributed by atoms with E-state index in [9.17, 15) is 26.4 Å². The highest BCUT2D eigenvalue weighted by atomic mass is 32.2. The number of aryl methyl sites for hydroxylation is 1. The molecule has 0 aliphatic carbocycles. The third kappa shape index (κ3) is 7.12. The number of ether oxygens (including phenoxy) is 1. The fraction of sp³-hybridized carbons (Fsp3) is 0.188. The van der Waals surface area contributed by atoms with E-state index in [2.05, 4.69) is 0 Å². The molecule has 146 valence electrons. The summed E-state index contributed by atoms with van der Waals surface area (Å²) in [6.07, 6.45) is 0. The molecule has 0 aliphatic heterocycles. The van der Waals surface area contributed by atoms with Gasteiger partial charge in [-0.1, -0.05) is 17.7 Å². The van der Waals surface area contributed by atoms with Crippen molar-refractivity contribution in [2.75, 3.05) is 6.61 Å². The van der Waals surface area contributed by atoms with Gasteiger partial charge in [-0.05, 0) is 55.1 Å². The van der Waals surface area contributed by atoms with Crippen molar-refractivity contribution in [1.82, 2.24) is 10.3 Å². The summed E-state index contributed by atoms with van der Waals surface area (Å²) in [7, 11) is -3.92. The molecule has 0 fully saturated rings. The number of halogens is 3. The predicted octanol–water partition coefficient (Wildman–Crippen LogP) is 3.00. The van der Waals surface area contributed by atoms with E-state index in [0.717, 1.165) is 5.56 Å². The monoisotopic (exact) mass is 420 g/mol. The topological polar surface area (TPSA) is 84.5 Å². The van der Waals surface area contributed by atoms with Crippen LogP contribution in [0.2, 0.25) is 0 Å². The molecule has 2 aromatic rings. The van der Waals surface area contributed by atoms with Crippen LogP contribution in [0.1, 0.15) is 5.56 Å². The van der Waals surface area contributed by atoms with Crippen LogP contribution >= 0.6 is 11.8 Å². The Bertz CT molecular complexity index is 883. The molecule has 0 aromatic heterocycles. The summed E-state index contributed by atoms with van der Waals surface area (Å²) in [5, 5.41) is 0. The number of alkyl halides is 3. The zero-order valence-corrected chi connectivity index (χ0v) is 15.5. The minimum Gasteiger partial charge on any atom is -0.484 e. The van der Waals surface area contributed by atoms with E-state index in [4.69, 9.17) is 4.74 Å². The molecule has 0 saturated carbocycles. The van der Waals surface area contributed by atoms with Crippen molar-refractivity contribution in [3.63, 3.8) is 0 Å². The number of rotatable bonds is 7. The first-order valence-corrected chi connectivity index (χ1v) is 9.71. The Morgan fingerprint density at radius 1 is 1.07 bits per heavy atom. The molecule has 1 amide bonds. The highest BCUT2D eigenvalue weighted by molar-refractivity contribution is 8.00. The highest BCUT2D eigenvalue weighted by Gasteiger charge is 2.29. The largest absolute Gasteiger partial charge is 0.484 e. The number of thioether (sulfide) groups is 1. The lowest BCUT2D eigenvalue weighted by molar-refractivity contribution is -0.123. The molecule has 0 radical (unpaired) electrons. The van der Waals surface area contributed by atoms with Crippen molar-refractivity contribution in [1.29, 1.82) is 0 Å². The molecule has 2 aromatic carbocycles. The van der Waals surface area contributed by atoms with Crippen molar-refractivity contribution in [2.45, 2.75) is 22.2 Å². The van der Waals surface area contributed by atoms with Gasteiger partial charge in [0.25, 0.3) is 15.9 Å². The molecule has 2 N–H and O–H groups in total. The summed E-state index contributed by atoms with van der Waals surface area (Å²) < 4.78 is 65.9. The number of benzene rings is 2. The minimum atomic E-state index is -4.39. The lowest BCUT2D eigenvalue weighted by Gasteiger charge is -2.10. The van der Waals surface area contributed by atoms with E-state index in [1.54, 1.807) is 19.1 Å². The summed E-state index contributed by atoms with van der Waals surface area (Å²) in [6, 6.07) is 11.0. The lowest BCUT2D eigenvalue weighted by Crippen LogP contribution is -2.43. The van der Waals surface area contributed by atoms with Gasteiger partial charge in [-0.2, -0.15) is 13.2 Å². The van der Waals surface area contributed by atoms with Gasteiger partial charge in [0.05, 0.1) is 4.90 Å². The molecule has 0 atom stereocenters.